The van der Waals surface area contributed by atoms with Crippen molar-refractivity contribution >= 4 is 5.78 Å². The van der Waals surface area contributed by atoms with Gasteiger partial charge in [-0.3, -0.25) is 4.79 Å². The Morgan fingerprint density at radius 3 is 2.00 bits per heavy atom. The van der Waals surface area contributed by atoms with E-state index < -0.39 is 11.8 Å². The third-order valence-electron chi connectivity index (χ3n) is 3.06. The molecule has 0 saturated heterocycles. The summed E-state index contributed by atoms with van der Waals surface area (Å²) in [7, 11) is 0. The monoisotopic (exact) mass is 196 g/mol. The Hall–Kier alpha value is -0.590. The first-order valence-corrected chi connectivity index (χ1v) is 5.70. The highest BCUT2D eigenvalue weighted by atomic mass is 16.1. The molecule has 0 radical (unpaired) electrons. The molecule has 0 aromatic rings. The standard InChI is InChI=1S/C13H22O/c1-5-9-10(6-2)12(8-4)13(14)11(9)7-3/h9,11H,5-8H2,1-4H3/i9D,11D. The van der Waals surface area contributed by atoms with Gasteiger partial charge < -0.3 is 0 Å². The molecule has 0 heterocycles. The van der Waals surface area contributed by atoms with Crippen LogP contribution in [0.4, 0.5) is 0 Å². The molecule has 14 heavy (non-hydrogen) atoms. The minimum atomic E-state index is -1.25. The van der Waals surface area contributed by atoms with Crippen molar-refractivity contribution in [2.75, 3.05) is 0 Å². The predicted molar refractivity (Wildman–Crippen MR) is 60.2 cm³/mol. The molecule has 0 aromatic heterocycles. The van der Waals surface area contributed by atoms with Crippen LogP contribution in [0.25, 0.3) is 0 Å². The fourth-order valence-electron chi connectivity index (χ4n) is 2.42. The first-order chi connectivity index (χ1) is 7.42. The smallest absolute Gasteiger partial charge is 0.162 e. The van der Waals surface area contributed by atoms with Gasteiger partial charge in [-0.05, 0) is 37.2 Å². The van der Waals surface area contributed by atoms with Crippen molar-refractivity contribution in [3.63, 3.8) is 0 Å². The van der Waals surface area contributed by atoms with E-state index in [1.807, 2.05) is 27.7 Å². The van der Waals surface area contributed by atoms with Crippen LogP contribution in [-0.2, 0) is 4.79 Å². The van der Waals surface area contributed by atoms with E-state index in [1.165, 1.54) is 0 Å². The molecule has 0 spiro atoms. The molecular weight excluding hydrogens is 172 g/mol. The lowest BCUT2D eigenvalue weighted by atomic mass is 9.86. The van der Waals surface area contributed by atoms with E-state index >= 15 is 0 Å². The van der Waals surface area contributed by atoms with Crippen molar-refractivity contribution in [1.29, 1.82) is 0 Å². The van der Waals surface area contributed by atoms with Crippen LogP contribution in [0.3, 0.4) is 0 Å². The average Bonchev–Trinajstić information content (AvgIpc) is 2.47. The van der Waals surface area contributed by atoms with Crippen LogP contribution in [0.1, 0.15) is 56.1 Å². The van der Waals surface area contributed by atoms with E-state index in [4.69, 9.17) is 2.74 Å². The Labute approximate surface area is 90.4 Å². The molecule has 1 heteroatoms. The number of hydrogen-bond donors (Lipinski definition) is 0. The highest BCUT2D eigenvalue weighted by Crippen LogP contribution is 2.40. The maximum absolute atomic E-state index is 12.3. The van der Waals surface area contributed by atoms with E-state index in [9.17, 15) is 4.79 Å². The second kappa shape index (κ2) is 4.77. The summed E-state index contributed by atoms with van der Waals surface area (Å²) < 4.78 is 16.9. The van der Waals surface area contributed by atoms with Gasteiger partial charge in [0, 0.05) is 8.64 Å². The molecule has 0 N–H and O–H groups in total. The van der Waals surface area contributed by atoms with Crippen LogP contribution >= 0.6 is 0 Å². The topological polar surface area (TPSA) is 17.1 Å². The molecule has 1 aliphatic carbocycles. The predicted octanol–water partition coefficient (Wildman–Crippen LogP) is 3.74. The van der Waals surface area contributed by atoms with E-state index in [2.05, 4.69) is 0 Å². The Balaban J connectivity index is 3.41. The molecule has 1 aliphatic rings. The second-order valence-corrected chi connectivity index (χ2v) is 3.66. The van der Waals surface area contributed by atoms with Crippen LogP contribution in [-0.4, -0.2) is 5.78 Å². The number of carbonyl (C=O) groups excluding carboxylic acids is 1. The van der Waals surface area contributed by atoms with Gasteiger partial charge in [-0.1, -0.05) is 33.3 Å². The van der Waals surface area contributed by atoms with Gasteiger partial charge in [0.25, 0.3) is 0 Å². The van der Waals surface area contributed by atoms with E-state index in [-0.39, 0.29) is 5.78 Å². The minimum absolute atomic E-state index is 0.105. The normalized spacial score (nSPS) is 40.1. The quantitative estimate of drug-likeness (QED) is 0.669. The molecular formula is C13H22O. The SMILES string of the molecule is [2H]C1(CC)C(=O)C(CC)=C(CC)C1([2H])CC. The largest absolute Gasteiger partial charge is 0.294 e. The molecule has 0 amide bonds. The molecule has 0 bridgehead atoms. The highest BCUT2D eigenvalue weighted by Gasteiger charge is 2.37. The molecule has 0 aromatic carbocycles. The molecule has 0 saturated carbocycles. The summed E-state index contributed by atoms with van der Waals surface area (Å²) >= 11 is 0. The molecule has 1 nitrogen and oxygen atoms in total. The molecule has 80 valence electrons. The number of carbonyl (C=O) groups is 1. The number of ketones is 1. The third kappa shape index (κ3) is 1.65. The zero-order valence-corrected chi connectivity index (χ0v) is 9.74. The van der Waals surface area contributed by atoms with Crippen molar-refractivity contribution < 1.29 is 7.54 Å². The summed E-state index contributed by atoms with van der Waals surface area (Å²) in [6.45, 7) is 7.68. The molecule has 0 aliphatic heterocycles. The average molecular weight is 196 g/mol. The summed E-state index contributed by atoms with van der Waals surface area (Å²) in [5.41, 5.74) is 1.65. The fraction of sp³-hybridized carbons (Fsp3) is 0.769. The van der Waals surface area contributed by atoms with Gasteiger partial charge in [-0.2, -0.15) is 0 Å². The van der Waals surface area contributed by atoms with E-state index in [0.717, 1.165) is 11.1 Å². The van der Waals surface area contributed by atoms with Crippen molar-refractivity contribution in [1.82, 2.24) is 0 Å². The maximum atomic E-state index is 12.3. The van der Waals surface area contributed by atoms with Crippen LogP contribution in [0.2, 0.25) is 0 Å². The lowest BCUT2D eigenvalue weighted by Crippen LogP contribution is -2.16. The van der Waals surface area contributed by atoms with Gasteiger partial charge in [0.05, 0.1) is 0 Å². The van der Waals surface area contributed by atoms with Crippen LogP contribution < -0.4 is 0 Å². The summed E-state index contributed by atoms with van der Waals surface area (Å²) in [5.74, 6) is -2.36. The summed E-state index contributed by atoms with van der Waals surface area (Å²) in [6, 6.07) is 0. The van der Waals surface area contributed by atoms with Crippen molar-refractivity contribution in [2.45, 2.75) is 53.4 Å². The Bertz CT molecular complexity index is 335. The van der Waals surface area contributed by atoms with Crippen molar-refractivity contribution in [2.24, 2.45) is 11.8 Å². The zero-order valence-electron chi connectivity index (χ0n) is 11.7. The van der Waals surface area contributed by atoms with E-state index in [1.54, 1.807) is 0 Å². The van der Waals surface area contributed by atoms with Gasteiger partial charge in [0.15, 0.2) is 5.78 Å². The van der Waals surface area contributed by atoms with Crippen molar-refractivity contribution in [3.05, 3.63) is 11.1 Å². The van der Waals surface area contributed by atoms with Crippen molar-refractivity contribution in [3.8, 4) is 0 Å². The third-order valence-corrected chi connectivity index (χ3v) is 3.06. The molecule has 0 fully saturated rings. The Kier molecular flexibility index (Phi) is 2.96. The number of rotatable bonds is 4. The van der Waals surface area contributed by atoms with E-state index in [0.29, 0.717) is 25.7 Å². The van der Waals surface area contributed by atoms with Crippen LogP contribution in [0.5, 0.6) is 0 Å². The minimum Gasteiger partial charge on any atom is -0.294 e. The van der Waals surface area contributed by atoms with Gasteiger partial charge in [-0.15, -0.1) is 0 Å². The summed E-state index contributed by atoms with van der Waals surface area (Å²) in [5, 5.41) is 0. The highest BCUT2D eigenvalue weighted by molar-refractivity contribution is 6.01. The number of hydrogen-bond acceptors (Lipinski definition) is 1. The van der Waals surface area contributed by atoms with Crippen LogP contribution in [0.15, 0.2) is 11.1 Å². The first-order valence-electron chi connectivity index (χ1n) is 6.70. The fourth-order valence-corrected chi connectivity index (χ4v) is 2.42. The lowest BCUT2D eigenvalue weighted by Gasteiger charge is -2.17. The van der Waals surface area contributed by atoms with Gasteiger partial charge >= 0.3 is 0 Å². The molecule has 1 rings (SSSR count). The first kappa shape index (κ1) is 8.70. The summed E-state index contributed by atoms with van der Waals surface area (Å²) in [6.07, 6.45) is 2.34. The molecule has 2 atom stereocenters. The zero-order chi connectivity index (χ0) is 12.6. The number of Topliss-reactive ketones (excluding diaryl/α,β-unsaturated/α-hetero) is 1. The van der Waals surface area contributed by atoms with Gasteiger partial charge in [0.2, 0.25) is 0 Å². The Morgan fingerprint density at radius 1 is 1.07 bits per heavy atom. The second-order valence-electron chi connectivity index (χ2n) is 3.66. The van der Waals surface area contributed by atoms with Gasteiger partial charge in [-0.25, -0.2) is 0 Å². The molecule has 2 unspecified atom stereocenters. The Morgan fingerprint density at radius 2 is 1.64 bits per heavy atom. The maximum Gasteiger partial charge on any atom is 0.162 e. The number of allylic oxidation sites excluding steroid dienone is 2. The lowest BCUT2D eigenvalue weighted by molar-refractivity contribution is -0.119. The van der Waals surface area contributed by atoms with Crippen LogP contribution in [0, 0.1) is 11.8 Å². The van der Waals surface area contributed by atoms with Gasteiger partial charge in [0.1, 0.15) is 0 Å². The summed E-state index contributed by atoms with van der Waals surface area (Å²) in [4.78, 5) is 12.3.